The maximum absolute atomic E-state index is 11.7. The van der Waals surface area contributed by atoms with Crippen LogP contribution in [-0.4, -0.2) is 40.1 Å². The van der Waals surface area contributed by atoms with Crippen LogP contribution in [0.25, 0.3) is 10.9 Å². The molecule has 0 spiro atoms. The van der Waals surface area contributed by atoms with Crippen LogP contribution >= 0.6 is 0 Å². The summed E-state index contributed by atoms with van der Waals surface area (Å²) in [5.74, 6) is -0.484. The van der Waals surface area contributed by atoms with Gasteiger partial charge >= 0.3 is 12.1 Å². The molecule has 1 amide bonds. The number of anilines is 2. The highest BCUT2D eigenvalue weighted by Crippen LogP contribution is 2.26. The Morgan fingerprint density at radius 3 is 2.63 bits per heavy atom. The Morgan fingerprint density at radius 1 is 1.22 bits per heavy atom. The van der Waals surface area contributed by atoms with Gasteiger partial charge in [-0.05, 0) is 23.8 Å². The second kappa shape index (κ2) is 7.77. The predicted octanol–water partition coefficient (Wildman–Crippen LogP) is 2.86. The summed E-state index contributed by atoms with van der Waals surface area (Å²) < 4.78 is 6.21. The molecule has 0 saturated heterocycles. The number of carbonyl (C=O) groups is 2. The summed E-state index contributed by atoms with van der Waals surface area (Å²) in [5.41, 5.74) is 2.22. The fourth-order valence-electron chi connectivity index (χ4n) is 2.83. The molecule has 1 atom stereocenters. The van der Waals surface area contributed by atoms with Crippen LogP contribution in [0.3, 0.4) is 0 Å². The summed E-state index contributed by atoms with van der Waals surface area (Å²) in [6, 6.07) is 13.8. The Hall–Kier alpha value is -3.55. The molecule has 8 heteroatoms. The fourth-order valence-corrected chi connectivity index (χ4v) is 2.83. The number of rotatable bonds is 6. The van der Waals surface area contributed by atoms with E-state index in [1.54, 1.807) is 29.9 Å². The summed E-state index contributed by atoms with van der Waals surface area (Å²) in [7, 11) is 3.04. The molecule has 0 fully saturated rings. The number of hydrogen-bond donors (Lipinski definition) is 3. The Morgan fingerprint density at radius 2 is 1.96 bits per heavy atom. The van der Waals surface area contributed by atoms with E-state index >= 15 is 0 Å². The normalized spacial score (nSPS) is 11.8. The van der Waals surface area contributed by atoms with E-state index in [-0.39, 0.29) is 0 Å². The van der Waals surface area contributed by atoms with Crippen molar-refractivity contribution in [1.29, 1.82) is 0 Å². The number of carboxylic acids is 1. The van der Waals surface area contributed by atoms with Crippen molar-refractivity contribution in [1.82, 2.24) is 9.78 Å². The number of fused-ring (bicyclic) bond motifs is 1. The number of aliphatic carboxylic acids is 1. The van der Waals surface area contributed by atoms with Crippen LogP contribution < -0.4 is 10.6 Å². The molecule has 1 heterocycles. The summed E-state index contributed by atoms with van der Waals surface area (Å²) >= 11 is 0. The number of aromatic nitrogens is 2. The van der Waals surface area contributed by atoms with Gasteiger partial charge in [0.25, 0.3) is 0 Å². The lowest BCUT2D eigenvalue weighted by Gasteiger charge is -2.14. The Bertz CT molecular complexity index is 969. The van der Waals surface area contributed by atoms with Gasteiger partial charge in [0, 0.05) is 24.5 Å². The highest BCUT2D eigenvalue weighted by molar-refractivity contribution is 5.96. The third-order valence-corrected chi connectivity index (χ3v) is 4.17. The van der Waals surface area contributed by atoms with Crippen molar-refractivity contribution in [2.24, 2.45) is 7.05 Å². The van der Waals surface area contributed by atoms with Crippen LogP contribution in [0.5, 0.6) is 0 Å². The number of nitrogens with zero attached hydrogens (tertiary/aromatic N) is 2. The van der Waals surface area contributed by atoms with Crippen molar-refractivity contribution < 1.29 is 19.4 Å². The third-order valence-electron chi connectivity index (χ3n) is 4.17. The zero-order chi connectivity index (χ0) is 19.4. The smallest absolute Gasteiger partial charge is 0.411 e. The van der Waals surface area contributed by atoms with Crippen LogP contribution in [0.4, 0.5) is 16.3 Å². The van der Waals surface area contributed by atoms with E-state index in [0.29, 0.717) is 17.9 Å². The first-order valence-corrected chi connectivity index (χ1v) is 8.33. The first-order valence-electron chi connectivity index (χ1n) is 8.33. The van der Waals surface area contributed by atoms with E-state index in [1.165, 1.54) is 7.11 Å². The van der Waals surface area contributed by atoms with Gasteiger partial charge < -0.3 is 15.2 Å². The maximum atomic E-state index is 11.7. The number of carboxylic acid groups (broad SMARTS) is 1. The monoisotopic (exact) mass is 368 g/mol. The van der Waals surface area contributed by atoms with Crippen molar-refractivity contribution in [2.45, 2.75) is 12.5 Å². The molecule has 140 valence electrons. The molecule has 8 nitrogen and oxygen atoms in total. The molecule has 3 rings (SSSR count). The molecule has 27 heavy (non-hydrogen) atoms. The molecule has 0 saturated carbocycles. The lowest BCUT2D eigenvalue weighted by molar-refractivity contribution is -0.137. The van der Waals surface area contributed by atoms with E-state index in [4.69, 9.17) is 0 Å². The van der Waals surface area contributed by atoms with Gasteiger partial charge in [0.15, 0.2) is 5.82 Å². The number of amides is 1. The second-order valence-electron chi connectivity index (χ2n) is 6.05. The highest BCUT2D eigenvalue weighted by Gasteiger charge is 2.21. The number of nitrogens with one attached hydrogen (secondary N) is 2. The minimum atomic E-state index is -0.957. The van der Waals surface area contributed by atoms with E-state index < -0.39 is 18.1 Å². The lowest BCUT2D eigenvalue weighted by atomic mass is 10.1. The first kappa shape index (κ1) is 18.2. The SMILES string of the molecule is COC(=O)Nc1ccc2c(N[C@@H](Cc3ccccc3)C(=O)O)nn(C)c2c1. The summed E-state index contributed by atoms with van der Waals surface area (Å²) in [6.45, 7) is 0. The molecule has 1 aromatic heterocycles. The Labute approximate surface area is 155 Å². The van der Waals surface area contributed by atoms with Gasteiger partial charge in [0.1, 0.15) is 6.04 Å². The summed E-state index contributed by atoms with van der Waals surface area (Å²) in [6.07, 6.45) is -0.236. The van der Waals surface area contributed by atoms with Crippen LogP contribution in [0.15, 0.2) is 48.5 Å². The molecular weight excluding hydrogens is 348 g/mol. The van der Waals surface area contributed by atoms with Crippen molar-refractivity contribution in [3.8, 4) is 0 Å². The van der Waals surface area contributed by atoms with E-state index in [2.05, 4.69) is 20.5 Å². The third kappa shape index (κ3) is 4.17. The molecule has 0 aliphatic rings. The van der Waals surface area contributed by atoms with Crippen molar-refractivity contribution >= 4 is 34.5 Å². The zero-order valence-electron chi connectivity index (χ0n) is 15.0. The van der Waals surface area contributed by atoms with E-state index in [1.807, 2.05) is 30.3 Å². The molecule has 0 bridgehead atoms. The van der Waals surface area contributed by atoms with Crippen LogP contribution in [-0.2, 0) is 23.0 Å². The van der Waals surface area contributed by atoms with Gasteiger partial charge in [0.05, 0.1) is 12.6 Å². The largest absolute Gasteiger partial charge is 0.480 e. The minimum absolute atomic E-state index is 0.330. The van der Waals surface area contributed by atoms with Crippen LogP contribution in [0, 0.1) is 0 Å². The van der Waals surface area contributed by atoms with Gasteiger partial charge in [-0.2, -0.15) is 5.10 Å². The van der Waals surface area contributed by atoms with Crippen molar-refractivity contribution in [3.05, 3.63) is 54.1 Å². The molecule has 0 radical (unpaired) electrons. The van der Waals surface area contributed by atoms with Crippen LogP contribution in [0.1, 0.15) is 5.56 Å². The first-order chi connectivity index (χ1) is 13.0. The van der Waals surface area contributed by atoms with Crippen molar-refractivity contribution in [3.63, 3.8) is 0 Å². The Balaban J connectivity index is 1.86. The van der Waals surface area contributed by atoms with Gasteiger partial charge in [0.2, 0.25) is 0 Å². The average Bonchev–Trinajstić information content (AvgIpc) is 2.97. The minimum Gasteiger partial charge on any atom is -0.480 e. The van der Waals surface area contributed by atoms with Gasteiger partial charge in [-0.25, -0.2) is 9.59 Å². The van der Waals surface area contributed by atoms with Crippen molar-refractivity contribution in [2.75, 3.05) is 17.7 Å². The molecule has 0 aliphatic heterocycles. The van der Waals surface area contributed by atoms with E-state index in [9.17, 15) is 14.7 Å². The summed E-state index contributed by atoms with van der Waals surface area (Å²) in [4.78, 5) is 23.1. The second-order valence-corrected chi connectivity index (χ2v) is 6.05. The topological polar surface area (TPSA) is 105 Å². The standard InChI is InChI=1S/C19H20N4O4/c1-23-16-11-13(20-19(26)27-2)8-9-14(16)17(22-23)21-15(18(24)25)10-12-6-4-3-5-7-12/h3-9,11,15H,10H2,1-2H3,(H,20,26)(H,21,22)(H,24,25)/t15-/m0/s1. The molecule has 2 aromatic carbocycles. The predicted molar refractivity (Wildman–Crippen MR) is 102 cm³/mol. The number of methoxy groups -OCH3 is 1. The lowest BCUT2D eigenvalue weighted by Crippen LogP contribution is -2.31. The maximum Gasteiger partial charge on any atom is 0.411 e. The van der Waals surface area contributed by atoms with E-state index in [0.717, 1.165) is 16.5 Å². The fraction of sp³-hybridized carbons (Fsp3) is 0.211. The van der Waals surface area contributed by atoms with Gasteiger partial charge in [-0.1, -0.05) is 30.3 Å². The number of ether oxygens (including phenoxy) is 1. The quantitative estimate of drug-likeness (QED) is 0.618. The molecule has 0 unspecified atom stereocenters. The Kier molecular flexibility index (Phi) is 5.25. The molecule has 0 aliphatic carbocycles. The molecule has 3 N–H and O–H groups in total. The van der Waals surface area contributed by atoms with Crippen LogP contribution in [0.2, 0.25) is 0 Å². The van der Waals surface area contributed by atoms with Gasteiger partial charge in [-0.15, -0.1) is 0 Å². The van der Waals surface area contributed by atoms with Gasteiger partial charge in [-0.3, -0.25) is 10.00 Å². The highest BCUT2D eigenvalue weighted by atomic mass is 16.5. The number of benzene rings is 2. The summed E-state index contributed by atoms with van der Waals surface area (Å²) in [5, 5.41) is 20.3. The number of hydrogen-bond acceptors (Lipinski definition) is 5. The number of carbonyl (C=O) groups excluding carboxylic acids is 1. The zero-order valence-corrected chi connectivity index (χ0v) is 15.0. The molecule has 3 aromatic rings. The average molecular weight is 368 g/mol. The molecular formula is C19H20N4O4. The number of aryl methyl sites for hydroxylation is 1.